The zero-order chi connectivity index (χ0) is 32.3. The van der Waals surface area contributed by atoms with Crippen molar-refractivity contribution >= 4 is 34.4 Å². The molecule has 4 aromatic carbocycles. The van der Waals surface area contributed by atoms with Gasteiger partial charge in [-0.05, 0) is 48.4 Å². The first kappa shape index (κ1) is 31.8. The number of aromatic nitrogens is 2. The van der Waals surface area contributed by atoms with Gasteiger partial charge in [-0.15, -0.1) is 0 Å². The van der Waals surface area contributed by atoms with Gasteiger partial charge >= 0.3 is 5.97 Å². The molecule has 0 bridgehead atoms. The quantitative estimate of drug-likeness (QED) is 0.120. The number of hydrogen-bond acceptors (Lipinski definition) is 8. The maximum atomic E-state index is 13.2. The standard InChI is InChI=1S/C37H36N4O5/c1-3-21-41(36(43)34-25-38-31-15-9-10-16-32(31)40-34)22-23-46-28-19-17-26(18-20-28)24-33(37(44)45-2)39-30-14-8-7-13-29(30)35(42)27-11-5-4-6-12-27/h4-20,25,33,39H,3,21-24H2,1-2H3/t33-/m0/s1. The predicted molar refractivity (Wildman–Crippen MR) is 177 cm³/mol. The highest BCUT2D eigenvalue weighted by Crippen LogP contribution is 2.22. The number of esters is 1. The number of hydrogen-bond donors (Lipinski definition) is 1. The van der Waals surface area contributed by atoms with Gasteiger partial charge in [-0.2, -0.15) is 0 Å². The summed E-state index contributed by atoms with van der Waals surface area (Å²) in [5.74, 6) is -0.135. The van der Waals surface area contributed by atoms with Crippen LogP contribution in [0.5, 0.6) is 5.75 Å². The van der Waals surface area contributed by atoms with Gasteiger partial charge in [0.05, 0.1) is 30.9 Å². The van der Waals surface area contributed by atoms with E-state index in [1.54, 1.807) is 35.2 Å². The molecule has 234 valence electrons. The van der Waals surface area contributed by atoms with Crippen molar-refractivity contribution in [3.8, 4) is 5.75 Å². The van der Waals surface area contributed by atoms with E-state index < -0.39 is 12.0 Å². The summed E-state index contributed by atoms with van der Waals surface area (Å²) in [6.45, 7) is 3.27. The summed E-state index contributed by atoms with van der Waals surface area (Å²) >= 11 is 0. The number of anilines is 1. The van der Waals surface area contributed by atoms with Gasteiger partial charge in [-0.25, -0.2) is 9.78 Å². The van der Waals surface area contributed by atoms with Crippen LogP contribution < -0.4 is 10.1 Å². The molecule has 1 N–H and O–H groups in total. The summed E-state index contributed by atoms with van der Waals surface area (Å²) in [6, 6.07) is 30.3. The van der Waals surface area contributed by atoms with Crippen LogP contribution in [0, 0.1) is 0 Å². The monoisotopic (exact) mass is 616 g/mol. The number of carbonyl (C=O) groups excluding carboxylic acids is 3. The summed E-state index contributed by atoms with van der Waals surface area (Å²) in [6.07, 6.45) is 2.64. The van der Waals surface area contributed by atoms with Crippen LogP contribution in [-0.2, 0) is 16.0 Å². The third kappa shape index (κ3) is 7.92. The van der Waals surface area contributed by atoms with Crippen molar-refractivity contribution in [1.82, 2.24) is 14.9 Å². The van der Waals surface area contributed by atoms with Crippen LogP contribution in [0.4, 0.5) is 5.69 Å². The number of amides is 1. The van der Waals surface area contributed by atoms with E-state index in [1.165, 1.54) is 13.3 Å². The Hall–Kier alpha value is -5.57. The van der Waals surface area contributed by atoms with E-state index in [1.807, 2.05) is 79.7 Å². The van der Waals surface area contributed by atoms with Crippen LogP contribution in [0.2, 0.25) is 0 Å². The van der Waals surface area contributed by atoms with E-state index in [0.717, 1.165) is 17.5 Å². The van der Waals surface area contributed by atoms with Gasteiger partial charge in [0.2, 0.25) is 0 Å². The maximum Gasteiger partial charge on any atom is 0.328 e. The molecule has 5 aromatic rings. The third-order valence-corrected chi connectivity index (χ3v) is 7.46. The molecule has 0 aliphatic carbocycles. The Balaban J connectivity index is 1.21. The second-order valence-corrected chi connectivity index (χ2v) is 10.7. The van der Waals surface area contributed by atoms with Crippen molar-refractivity contribution in [2.45, 2.75) is 25.8 Å². The van der Waals surface area contributed by atoms with Crippen LogP contribution in [0.25, 0.3) is 11.0 Å². The molecule has 0 spiro atoms. The van der Waals surface area contributed by atoms with Crippen molar-refractivity contribution < 1.29 is 23.9 Å². The zero-order valence-electron chi connectivity index (χ0n) is 25.9. The van der Waals surface area contributed by atoms with Crippen LogP contribution >= 0.6 is 0 Å². The van der Waals surface area contributed by atoms with Crippen LogP contribution in [0.1, 0.15) is 45.3 Å². The first-order valence-corrected chi connectivity index (χ1v) is 15.2. The third-order valence-electron chi connectivity index (χ3n) is 7.46. The fourth-order valence-corrected chi connectivity index (χ4v) is 5.11. The average Bonchev–Trinajstić information content (AvgIpc) is 3.11. The van der Waals surface area contributed by atoms with Crippen LogP contribution in [0.3, 0.4) is 0 Å². The Morgan fingerprint density at radius 1 is 0.826 bits per heavy atom. The topological polar surface area (TPSA) is 111 Å². The Bertz CT molecular complexity index is 1790. The Morgan fingerprint density at radius 3 is 2.26 bits per heavy atom. The lowest BCUT2D eigenvalue weighted by molar-refractivity contribution is -0.141. The van der Waals surface area contributed by atoms with Gasteiger partial charge in [-0.1, -0.05) is 73.7 Å². The van der Waals surface area contributed by atoms with Gasteiger partial charge in [0.15, 0.2) is 5.78 Å². The molecule has 1 aromatic heterocycles. The molecular formula is C37H36N4O5. The largest absolute Gasteiger partial charge is 0.492 e. The van der Waals surface area contributed by atoms with E-state index in [9.17, 15) is 14.4 Å². The smallest absolute Gasteiger partial charge is 0.328 e. The van der Waals surface area contributed by atoms with Crippen LogP contribution in [-0.4, -0.2) is 65.4 Å². The molecule has 0 unspecified atom stereocenters. The highest BCUT2D eigenvalue weighted by molar-refractivity contribution is 6.12. The lowest BCUT2D eigenvalue weighted by atomic mass is 10.00. The molecule has 1 atom stereocenters. The molecule has 0 fully saturated rings. The Labute approximate surface area is 268 Å². The summed E-state index contributed by atoms with van der Waals surface area (Å²) in [5.41, 5.74) is 4.17. The van der Waals surface area contributed by atoms with E-state index >= 15 is 0 Å². The van der Waals surface area contributed by atoms with Crippen molar-refractivity contribution in [3.05, 3.63) is 132 Å². The van der Waals surface area contributed by atoms with Gasteiger partial charge < -0.3 is 19.7 Å². The Morgan fingerprint density at radius 2 is 1.52 bits per heavy atom. The first-order valence-electron chi connectivity index (χ1n) is 15.2. The van der Waals surface area contributed by atoms with Crippen molar-refractivity contribution in [3.63, 3.8) is 0 Å². The minimum atomic E-state index is -0.728. The number of nitrogens with zero attached hydrogens (tertiary/aromatic N) is 3. The summed E-state index contributed by atoms with van der Waals surface area (Å²) in [7, 11) is 1.34. The molecule has 0 aliphatic heterocycles. The molecule has 0 saturated carbocycles. The second-order valence-electron chi connectivity index (χ2n) is 10.7. The molecule has 5 rings (SSSR count). The number of ether oxygens (including phenoxy) is 2. The van der Waals surface area contributed by atoms with Crippen molar-refractivity contribution in [2.75, 3.05) is 32.1 Å². The number of methoxy groups -OCH3 is 1. The van der Waals surface area contributed by atoms with Crippen molar-refractivity contribution in [1.29, 1.82) is 0 Å². The fourth-order valence-electron chi connectivity index (χ4n) is 5.11. The lowest BCUT2D eigenvalue weighted by Crippen LogP contribution is -2.35. The zero-order valence-corrected chi connectivity index (χ0v) is 25.9. The number of benzene rings is 4. The molecule has 9 nitrogen and oxygen atoms in total. The maximum absolute atomic E-state index is 13.2. The van der Waals surface area contributed by atoms with Gasteiger partial charge in [0, 0.05) is 29.8 Å². The lowest BCUT2D eigenvalue weighted by Gasteiger charge is -2.22. The van der Waals surface area contributed by atoms with E-state index in [-0.39, 0.29) is 11.7 Å². The molecular weight excluding hydrogens is 580 g/mol. The first-order chi connectivity index (χ1) is 22.5. The molecule has 0 radical (unpaired) electrons. The predicted octanol–water partition coefficient (Wildman–Crippen LogP) is 5.99. The van der Waals surface area contributed by atoms with E-state index in [0.29, 0.717) is 59.9 Å². The molecule has 0 aliphatic rings. The highest BCUT2D eigenvalue weighted by atomic mass is 16.5. The molecule has 1 heterocycles. The van der Waals surface area contributed by atoms with Gasteiger partial charge in [0.25, 0.3) is 5.91 Å². The van der Waals surface area contributed by atoms with Gasteiger partial charge in [0.1, 0.15) is 24.1 Å². The van der Waals surface area contributed by atoms with Gasteiger partial charge in [-0.3, -0.25) is 14.6 Å². The second kappa shape index (κ2) is 15.4. The van der Waals surface area contributed by atoms with Crippen molar-refractivity contribution in [2.24, 2.45) is 0 Å². The van der Waals surface area contributed by atoms with E-state index in [2.05, 4.69) is 15.3 Å². The SMILES string of the molecule is CCCN(CCOc1ccc(C[C@H](Nc2ccccc2C(=O)c2ccccc2)C(=O)OC)cc1)C(=O)c1cnc2ccccc2n1. The number of ketones is 1. The Kier molecular flexibility index (Phi) is 10.7. The summed E-state index contributed by atoms with van der Waals surface area (Å²) < 4.78 is 11.1. The minimum Gasteiger partial charge on any atom is -0.492 e. The number of para-hydroxylation sites is 3. The number of rotatable bonds is 14. The number of carbonyl (C=O) groups is 3. The highest BCUT2D eigenvalue weighted by Gasteiger charge is 2.23. The average molecular weight is 617 g/mol. The normalized spacial score (nSPS) is 11.4. The van der Waals surface area contributed by atoms with E-state index in [4.69, 9.17) is 9.47 Å². The fraction of sp³-hybridized carbons (Fsp3) is 0.216. The minimum absolute atomic E-state index is 0.141. The molecule has 1 amide bonds. The molecule has 9 heteroatoms. The molecule has 46 heavy (non-hydrogen) atoms. The molecule has 0 saturated heterocycles. The summed E-state index contributed by atoms with van der Waals surface area (Å²) in [4.78, 5) is 49.8. The number of nitrogens with one attached hydrogen (secondary N) is 1. The summed E-state index contributed by atoms with van der Waals surface area (Å²) in [5, 5.41) is 3.23. The van der Waals surface area contributed by atoms with Crippen LogP contribution in [0.15, 0.2) is 109 Å². The number of fused-ring (bicyclic) bond motifs is 1.